The van der Waals surface area contributed by atoms with Gasteiger partial charge in [-0.15, -0.1) is 11.3 Å². The van der Waals surface area contributed by atoms with Crippen LogP contribution in [0.4, 0.5) is 5.69 Å². The van der Waals surface area contributed by atoms with Crippen molar-refractivity contribution in [3.63, 3.8) is 0 Å². The fourth-order valence-corrected chi connectivity index (χ4v) is 2.94. The average molecular weight is 299 g/mol. The predicted octanol–water partition coefficient (Wildman–Crippen LogP) is 3.26. The molecule has 0 radical (unpaired) electrons. The van der Waals surface area contributed by atoms with E-state index in [1.54, 1.807) is 31.6 Å². The number of thiazole rings is 1. The maximum Gasteiger partial charge on any atom is 0.284 e. The van der Waals surface area contributed by atoms with Crippen molar-refractivity contribution in [3.05, 3.63) is 47.2 Å². The van der Waals surface area contributed by atoms with E-state index < -0.39 is 0 Å². The smallest absolute Gasteiger partial charge is 0.284 e. The van der Waals surface area contributed by atoms with Gasteiger partial charge in [-0.1, -0.05) is 6.07 Å². The number of aromatic nitrogens is 2. The molecule has 0 aliphatic heterocycles. The molecular formula is C15H13N3O2S. The summed E-state index contributed by atoms with van der Waals surface area (Å²) >= 11 is 1.36. The van der Waals surface area contributed by atoms with Gasteiger partial charge in [0.25, 0.3) is 5.91 Å². The molecule has 6 heteroatoms. The van der Waals surface area contributed by atoms with E-state index in [-0.39, 0.29) is 5.91 Å². The van der Waals surface area contributed by atoms with E-state index in [1.165, 1.54) is 11.3 Å². The van der Waals surface area contributed by atoms with Crippen LogP contribution >= 0.6 is 11.3 Å². The predicted molar refractivity (Wildman–Crippen MR) is 83.1 cm³/mol. The van der Waals surface area contributed by atoms with Crippen molar-refractivity contribution in [2.24, 2.45) is 0 Å². The van der Waals surface area contributed by atoms with Crippen LogP contribution in [0.1, 0.15) is 15.4 Å². The number of carbonyl (C=O) groups excluding carboxylic acids is 1. The summed E-state index contributed by atoms with van der Waals surface area (Å²) in [4.78, 5) is 20.6. The molecule has 0 aliphatic rings. The zero-order chi connectivity index (χ0) is 14.8. The van der Waals surface area contributed by atoms with Gasteiger partial charge in [-0.3, -0.25) is 9.78 Å². The highest BCUT2D eigenvalue weighted by molar-refractivity contribution is 7.20. The molecule has 0 saturated carbocycles. The second-order valence-corrected chi connectivity index (χ2v) is 5.47. The van der Waals surface area contributed by atoms with Gasteiger partial charge >= 0.3 is 0 Å². The van der Waals surface area contributed by atoms with Gasteiger partial charge in [0.2, 0.25) is 0 Å². The molecule has 0 unspecified atom stereocenters. The Morgan fingerprint density at radius 2 is 2.00 bits per heavy atom. The molecule has 1 aromatic carbocycles. The Morgan fingerprint density at radius 3 is 2.71 bits per heavy atom. The summed E-state index contributed by atoms with van der Waals surface area (Å²) in [6.07, 6.45) is 3.25. The number of hydrogen-bond acceptors (Lipinski definition) is 5. The third-order valence-electron chi connectivity index (χ3n) is 3.06. The third kappa shape index (κ3) is 2.57. The molecule has 3 rings (SSSR count). The lowest BCUT2D eigenvalue weighted by Gasteiger charge is -2.01. The summed E-state index contributed by atoms with van der Waals surface area (Å²) in [6.45, 7) is 1.99. The van der Waals surface area contributed by atoms with Crippen molar-refractivity contribution in [1.82, 2.24) is 9.97 Å². The second-order valence-electron chi connectivity index (χ2n) is 4.47. The first-order chi connectivity index (χ1) is 10.2. The van der Waals surface area contributed by atoms with E-state index in [4.69, 9.17) is 4.74 Å². The molecule has 3 aromatic rings. The molecule has 1 N–H and O–H groups in total. The van der Waals surface area contributed by atoms with Gasteiger partial charge in [-0.25, -0.2) is 4.98 Å². The number of pyridine rings is 1. The molecule has 2 heterocycles. The van der Waals surface area contributed by atoms with Crippen LogP contribution in [0.2, 0.25) is 0 Å². The normalized spacial score (nSPS) is 10.6. The van der Waals surface area contributed by atoms with Crippen LogP contribution in [0.15, 0.2) is 36.7 Å². The van der Waals surface area contributed by atoms with Gasteiger partial charge < -0.3 is 10.1 Å². The van der Waals surface area contributed by atoms with Crippen molar-refractivity contribution >= 4 is 33.1 Å². The van der Waals surface area contributed by atoms with Gasteiger partial charge in [0.15, 0.2) is 5.01 Å². The Hall–Kier alpha value is -2.47. The lowest BCUT2D eigenvalue weighted by molar-refractivity contribution is 0.102. The zero-order valence-corrected chi connectivity index (χ0v) is 12.4. The molecule has 106 valence electrons. The van der Waals surface area contributed by atoms with Gasteiger partial charge in [-0.05, 0) is 30.7 Å². The Bertz CT molecular complexity index is 799. The lowest BCUT2D eigenvalue weighted by atomic mass is 10.2. The van der Waals surface area contributed by atoms with Crippen molar-refractivity contribution in [1.29, 1.82) is 0 Å². The molecule has 0 spiro atoms. The SMILES string of the molecule is COc1ccc(C)c2sc(C(=O)Nc3ccncc3)nc12. The Kier molecular flexibility index (Phi) is 3.53. The van der Waals surface area contributed by atoms with Gasteiger partial charge in [0, 0.05) is 18.1 Å². The van der Waals surface area contributed by atoms with E-state index in [0.29, 0.717) is 16.4 Å². The summed E-state index contributed by atoms with van der Waals surface area (Å²) in [6, 6.07) is 7.29. The first kappa shape index (κ1) is 13.5. The molecule has 0 aliphatic carbocycles. The number of fused-ring (bicyclic) bond motifs is 1. The molecule has 0 atom stereocenters. The number of hydrogen-bond donors (Lipinski definition) is 1. The highest BCUT2D eigenvalue weighted by Gasteiger charge is 2.16. The van der Waals surface area contributed by atoms with E-state index in [1.807, 2.05) is 19.1 Å². The molecule has 21 heavy (non-hydrogen) atoms. The molecule has 5 nitrogen and oxygen atoms in total. The second kappa shape index (κ2) is 5.49. The minimum atomic E-state index is -0.233. The Morgan fingerprint density at radius 1 is 1.24 bits per heavy atom. The van der Waals surface area contributed by atoms with E-state index in [9.17, 15) is 4.79 Å². The van der Waals surface area contributed by atoms with Gasteiger partial charge in [0.1, 0.15) is 11.3 Å². The molecule has 0 saturated heterocycles. The van der Waals surface area contributed by atoms with Crippen molar-refractivity contribution < 1.29 is 9.53 Å². The molecule has 0 bridgehead atoms. The van der Waals surface area contributed by atoms with Crippen LogP contribution in [0, 0.1) is 6.92 Å². The Balaban J connectivity index is 1.97. The average Bonchev–Trinajstić information content (AvgIpc) is 2.95. The number of amides is 1. The van der Waals surface area contributed by atoms with Crippen LogP contribution in [0.3, 0.4) is 0 Å². The van der Waals surface area contributed by atoms with Crippen molar-refractivity contribution in [2.45, 2.75) is 6.92 Å². The maximum absolute atomic E-state index is 12.3. The molecule has 1 amide bonds. The maximum atomic E-state index is 12.3. The van der Waals surface area contributed by atoms with Crippen LogP contribution < -0.4 is 10.1 Å². The van der Waals surface area contributed by atoms with Crippen molar-refractivity contribution in [3.8, 4) is 5.75 Å². The molecular weight excluding hydrogens is 286 g/mol. The third-order valence-corrected chi connectivity index (χ3v) is 4.25. The largest absolute Gasteiger partial charge is 0.494 e. The number of nitrogens with one attached hydrogen (secondary N) is 1. The molecule has 2 aromatic heterocycles. The number of methoxy groups -OCH3 is 1. The minimum Gasteiger partial charge on any atom is -0.494 e. The summed E-state index contributed by atoms with van der Waals surface area (Å²) < 4.78 is 6.26. The number of ether oxygens (including phenoxy) is 1. The highest BCUT2D eigenvalue weighted by atomic mass is 32.1. The standard InChI is InChI=1S/C15H13N3O2S/c1-9-3-4-11(20-2)12-13(9)21-15(18-12)14(19)17-10-5-7-16-8-6-10/h3-8H,1-2H3,(H,16,17,19). The topological polar surface area (TPSA) is 64.1 Å². The number of carbonyl (C=O) groups is 1. The van der Waals surface area contributed by atoms with Crippen LogP contribution in [0.5, 0.6) is 5.75 Å². The zero-order valence-electron chi connectivity index (χ0n) is 11.6. The first-order valence-corrected chi connectivity index (χ1v) is 7.16. The van der Waals surface area contributed by atoms with Crippen LogP contribution in [-0.2, 0) is 0 Å². The fraction of sp³-hybridized carbons (Fsp3) is 0.133. The van der Waals surface area contributed by atoms with Gasteiger partial charge in [0.05, 0.1) is 11.8 Å². The lowest BCUT2D eigenvalue weighted by Crippen LogP contribution is -2.11. The monoisotopic (exact) mass is 299 g/mol. The van der Waals surface area contributed by atoms with E-state index in [2.05, 4.69) is 15.3 Å². The number of rotatable bonds is 3. The minimum absolute atomic E-state index is 0.233. The number of benzene rings is 1. The van der Waals surface area contributed by atoms with E-state index >= 15 is 0 Å². The molecule has 0 fully saturated rings. The summed E-state index contributed by atoms with van der Waals surface area (Å²) in [5.74, 6) is 0.443. The fourth-order valence-electron chi connectivity index (χ4n) is 1.99. The van der Waals surface area contributed by atoms with Gasteiger partial charge in [-0.2, -0.15) is 0 Å². The summed E-state index contributed by atoms with van der Waals surface area (Å²) in [5, 5.41) is 3.22. The summed E-state index contributed by atoms with van der Waals surface area (Å²) in [7, 11) is 1.60. The number of nitrogens with zero attached hydrogens (tertiary/aromatic N) is 2. The first-order valence-electron chi connectivity index (χ1n) is 6.34. The number of anilines is 1. The highest BCUT2D eigenvalue weighted by Crippen LogP contribution is 2.32. The van der Waals surface area contributed by atoms with Crippen LogP contribution in [-0.4, -0.2) is 23.0 Å². The quantitative estimate of drug-likeness (QED) is 0.806. The van der Waals surface area contributed by atoms with E-state index in [0.717, 1.165) is 15.8 Å². The number of aryl methyl sites for hydroxylation is 1. The van der Waals surface area contributed by atoms with Crippen LogP contribution in [0.25, 0.3) is 10.2 Å². The Labute approximate surface area is 125 Å². The van der Waals surface area contributed by atoms with Crippen molar-refractivity contribution in [2.75, 3.05) is 12.4 Å². The summed E-state index contributed by atoms with van der Waals surface area (Å²) in [5.41, 5.74) is 2.49.